The summed E-state index contributed by atoms with van der Waals surface area (Å²) in [7, 11) is 3.12. The molecule has 0 aliphatic rings. The molecule has 7 nitrogen and oxygen atoms in total. The lowest BCUT2D eigenvalue weighted by atomic mass is 10.1. The van der Waals surface area contributed by atoms with Crippen LogP contribution in [-0.4, -0.2) is 36.5 Å². The highest BCUT2D eigenvalue weighted by molar-refractivity contribution is 9.10. The Morgan fingerprint density at radius 2 is 1.93 bits per heavy atom. The SMILES string of the molecule is COc1ccc(/C=N\NC(=O)c2cc(-c3ccccc3Br)n[nH]2)cc1OC. The maximum absolute atomic E-state index is 12.2. The fourth-order valence-corrected chi connectivity index (χ4v) is 2.89. The van der Waals surface area contributed by atoms with Crippen LogP contribution in [0.2, 0.25) is 0 Å². The molecular weight excluding hydrogens is 412 g/mol. The number of carbonyl (C=O) groups excluding carboxylic acids is 1. The third kappa shape index (κ3) is 4.35. The van der Waals surface area contributed by atoms with E-state index in [-0.39, 0.29) is 0 Å². The van der Waals surface area contributed by atoms with Crippen molar-refractivity contribution in [2.75, 3.05) is 14.2 Å². The molecule has 0 atom stereocenters. The van der Waals surface area contributed by atoms with Crippen LogP contribution in [0, 0.1) is 0 Å². The van der Waals surface area contributed by atoms with Crippen LogP contribution >= 0.6 is 15.9 Å². The zero-order chi connectivity index (χ0) is 19.2. The Balaban J connectivity index is 1.68. The molecule has 27 heavy (non-hydrogen) atoms. The van der Waals surface area contributed by atoms with E-state index in [4.69, 9.17) is 9.47 Å². The number of H-pyrrole nitrogens is 1. The highest BCUT2D eigenvalue weighted by Crippen LogP contribution is 2.27. The second kappa shape index (κ2) is 8.50. The largest absolute Gasteiger partial charge is 0.493 e. The van der Waals surface area contributed by atoms with Crippen molar-refractivity contribution in [3.8, 4) is 22.8 Å². The number of aromatic nitrogens is 2. The Kier molecular flexibility index (Phi) is 5.87. The second-order valence-electron chi connectivity index (χ2n) is 5.46. The maximum Gasteiger partial charge on any atom is 0.289 e. The monoisotopic (exact) mass is 428 g/mol. The first kappa shape index (κ1) is 18.7. The summed E-state index contributed by atoms with van der Waals surface area (Å²) in [5, 5.41) is 10.9. The van der Waals surface area contributed by atoms with E-state index in [1.54, 1.807) is 38.5 Å². The van der Waals surface area contributed by atoms with Crippen LogP contribution in [0.5, 0.6) is 11.5 Å². The molecule has 0 saturated carbocycles. The molecule has 138 valence electrons. The number of halogens is 1. The topological polar surface area (TPSA) is 88.6 Å². The normalized spacial score (nSPS) is 10.8. The molecule has 2 N–H and O–H groups in total. The van der Waals surface area contributed by atoms with Crippen molar-refractivity contribution < 1.29 is 14.3 Å². The van der Waals surface area contributed by atoms with Crippen LogP contribution in [0.4, 0.5) is 0 Å². The minimum atomic E-state index is -0.391. The highest BCUT2D eigenvalue weighted by Gasteiger charge is 2.12. The Bertz CT molecular complexity index is 985. The van der Waals surface area contributed by atoms with Crippen molar-refractivity contribution in [1.29, 1.82) is 0 Å². The highest BCUT2D eigenvalue weighted by atomic mass is 79.9. The molecule has 0 aliphatic carbocycles. The molecule has 0 spiro atoms. The summed E-state index contributed by atoms with van der Waals surface area (Å²) in [6.07, 6.45) is 1.52. The summed E-state index contributed by atoms with van der Waals surface area (Å²) in [5.74, 6) is 0.813. The van der Waals surface area contributed by atoms with Gasteiger partial charge in [-0.05, 0) is 35.9 Å². The number of nitrogens with one attached hydrogen (secondary N) is 2. The number of hydrazone groups is 1. The minimum Gasteiger partial charge on any atom is -0.493 e. The number of aromatic amines is 1. The average Bonchev–Trinajstić information content (AvgIpc) is 3.18. The van der Waals surface area contributed by atoms with Gasteiger partial charge in [0.1, 0.15) is 5.69 Å². The van der Waals surface area contributed by atoms with Gasteiger partial charge in [-0.15, -0.1) is 0 Å². The zero-order valence-corrected chi connectivity index (χ0v) is 16.3. The number of rotatable bonds is 6. The van der Waals surface area contributed by atoms with E-state index >= 15 is 0 Å². The Hall–Kier alpha value is -3.13. The van der Waals surface area contributed by atoms with Gasteiger partial charge in [0.05, 0.1) is 26.1 Å². The summed E-state index contributed by atoms with van der Waals surface area (Å²) in [6.45, 7) is 0. The van der Waals surface area contributed by atoms with Gasteiger partial charge in [0, 0.05) is 10.0 Å². The van der Waals surface area contributed by atoms with Crippen molar-refractivity contribution in [2.45, 2.75) is 0 Å². The van der Waals surface area contributed by atoms with Gasteiger partial charge in [-0.3, -0.25) is 9.89 Å². The number of hydrogen-bond donors (Lipinski definition) is 2. The van der Waals surface area contributed by atoms with Crippen molar-refractivity contribution >= 4 is 28.1 Å². The molecule has 3 rings (SSSR count). The summed E-state index contributed by atoms with van der Waals surface area (Å²) in [4.78, 5) is 12.2. The number of nitrogens with zero attached hydrogens (tertiary/aromatic N) is 2. The first-order valence-electron chi connectivity index (χ1n) is 7.98. The molecule has 0 fully saturated rings. The van der Waals surface area contributed by atoms with E-state index in [9.17, 15) is 4.79 Å². The van der Waals surface area contributed by atoms with E-state index in [1.165, 1.54) is 6.21 Å². The standard InChI is InChI=1S/C19H17BrN4O3/c1-26-17-8-7-12(9-18(17)27-2)11-21-24-19(25)16-10-15(22-23-16)13-5-3-4-6-14(13)20/h3-11H,1-2H3,(H,22,23)(H,24,25)/b21-11-. The van der Waals surface area contributed by atoms with Crippen LogP contribution in [0.1, 0.15) is 16.1 Å². The van der Waals surface area contributed by atoms with Gasteiger partial charge >= 0.3 is 0 Å². The number of hydrogen-bond acceptors (Lipinski definition) is 5. The third-order valence-electron chi connectivity index (χ3n) is 3.76. The smallest absolute Gasteiger partial charge is 0.289 e. The minimum absolute atomic E-state index is 0.310. The predicted octanol–water partition coefficient (Wildman–Crippen LogP) is 3.62. The predicted molar refractivity (Wildman–Crippen MR) is 106 cm³/mol. The number of ether oxygens (including phenoxy) is 2. The third-order valence-corrected chi connectivity index (χ3v) is 4.45. The van der Waals surface area contributed by atoms with Gasteiger partial charge in [0.15, 0.2) is 11.5 Å². The van der Waals surface area contributed by atoms with Crippen LogP contribution in [-0.2, 0) is 0 Å². The van der Waals surface area contributed by atoms with E-state index in [1.807, 2.05) is 24.3 Å². The summed E-state index contributed by atoms with van der Waals surface area (Å²) < 4.78 is 11.3. The van der Waals surface area contributed by atoms with Crippen LogP contribution in [0.3, 0.4) is 0 Å². The molecule has 0 unspecified atom stereocenters. The molecule has 8 heteroatoms. The average molecular weight is 429 g/mol. The number of methoxy groups -OCH3 is 2. The number of benzene rings is 2. The van der Waals surface area contributed by atoms with Crippen molar-refractivity contribution in [3.63, 3.8) is 0 Å². The molecular formula is C19H17BrN4O3. The van der Waals surface area contributed by atoms with Crippen LogP contribution in [0.15, 0.2) is 58.1 Å². The van der Waals surface area contributed by atoms with Crippen molar-refractivity contribution in [2.24, 2.45) is 5.10 Å². The van der Waals surface area contributed by atoms with Crippen LogP contribution in [0.25, 0.3) is 11.3 Å². The molecule has 0 bridgehead atoms. The van der Waals surface area contributed by atoms with Gasteiger partial charge in [-0.25, -0.2) is 5.43 Å². The first-order valence-corrected chi connectivity index (χ1v) is 8.77. The van der Waals surface area contributed by atoms with E-state index in [0.29, 0.717) is 22.9 Å². The lowest BCUT2D eigenvalue weighted by Gasteiger charge is -2.07. The van der Waals surface area contributed by atoms with E-state index in [2.05, 4.69) is 36.7 Å². The second-order valence-corrected chi connectivity index (χ2v) is 6.31. The lowest BCUT2D eigenvalue weighted by Crippen LogP contribution is -2.18. The molecule has 0 radical (unpaired) electrons. The molecule has 3 aromatic rings. The van der Waals surface area contributed by atoms with Crippen molar-refractivity contribution in [3.05, 3.63) is 64.3 Å². The number of amides is 1. The van der Waals surface area contributed by atoms with Gasteiger partial charge in [0.25, 0.3) is 5.91 Å². The van der Waals surface area contributed by atoms with Crippen LogP contribution < -0.4 is 14.9 Å². The Morgan fingerprint density at radius 1 is 1.15 bits per heavy atom. The molecule has 1 aromatic heterocycles. The molecule has 0 saturated heterocycles. The fourth-order valence-electron chi connectivity index (χ4n) is 2.40. The molecule has 0 aliphatic heterocycles. The van der Waals surface area contributed by atoms with E-state index in [0.717, 1.165) is 15.6 Å². The molecule has 1 heterocycles. The van der Waals surface area contributed by atoms with Crippen molar-refractivity contribution in [1.82, 2.24) is 15.6 Å². The van der Waals surface area contributed by atoms with E-state index < -0.39 is 5.91 Å². The first-order chi connectivity index (χ1) is 13.1. The van der Waals surface area contributed by atoms with Gasteiger partial charge < -0.3 is 9.47 Å². The van der Waals surface area contributed by atoms with Gasteiger partial charge in [0.2, 0.25) is 0 Å². The fraction of sp³-hybridized carbons (Fsp3) is 0.105. The summed E-state index contributed by atoms with van der Waals surface area (Å²) >= 11 is 3.47. The maximum atomic E-state index is 12.2. The van der Waals surface area contributed by atoms with Gasteiger partial charge in [-0.1, -0.05) is 34.1 Å². The Labute approximate surface area is 164 Å². The van der Waals surface area contributed by atoms with Gasteiger partial charge in [-0.2, -0.15) is 10.2 Å². The lowest BCUT2D eigenvalue weighted by molar-refractivity contribution is 0.0950. The quantitative estimate of drug-likeness (QED) is 0.463. The zero-order valence-electron chi connectivity index (χ0n) is 14.7. The summed E-state index contributed by atoms with van der Waals surface area (Å²) in [6, 6.07) is 14.6. The molecule has 1 amide bonds. The number of carbonyl (C=O) groups is 1. The Morgan fingerprint density at radius 3 is 2.67 bits per heavy atom. The molecule has 2 aromatic carbocycles. The summed E-state index contributed by atoms with van der Waals surface area (Å²) in [5.41, 5.74) is 5.09.